The summed E-state index contributed by atoms with van der Waals surface area (Å²) >= 11 is 0. The van der Waals surface area contributed by atoms with Crippen LogP contribution in [0.3, 0.4) is 0 Å². The van der Waals surface area contributed by atoms with Crippen LogP contribution in [0.5, 0.6) is 0 Å². The summed E-state index contributed by atoms with van der Waals surface area (Å²) in [5.41, 5.74) is 5.67. The Kier molecular flexibility index (Phi) is 6.15. The maximum absolute atomic E-state index is 7.24. The van der Waals surface area contributed by atoms with Crippen LogP contribution < -0.4 is 16.1 Å². The molecular weight excluding hydrogens is 314 g/mol. The second-order valence-corrected chi connectivity index (χ2v) is 7.48. The molecule has 25 heavy (non-hydrogen) atoms. The van der Waals surface area contributed by atoms with E-state index in [1.54, 1.807) is 5.01 Å². The number of hydrazine groups is 1. The van der Waals surface area contributed by atoms with E-state index in [9.17, 15) is 0 Å². The molecule has 1 saturated heterocycles. The van der Waals surface area contributed by atoms with Crippen molar-refractivity contribution in [2.24, 2.45) is 5.41 Å². The second kappa shape index (κ2) is 8.54. The molecule has 0 aromatic heterocycles. The van der Waals surface area contributed by atoms with Crippen LogP contribution in [-0.4, -0.2) is 50.7 Å². The summed E-state index contributed by atoms with van der Waals surface area (Å²) in [6.07, 6.45) is 7.91. The monoisotopic (exact) mass is 345 g/mol. The van der Waals surface area contributed by atoms with Crippen LogP contribution in [-0.2, 0) is 4.74 Å². The zero-order chi connectivity index (χ0) is 17.5. The lowest BCUT2D eigenvalue weighted by Crippen LogP contribution is -2.56. The number of rotatable bonds is 9. The highest BCUT2D eigenvalue weighted by atomic mass is 16.5. The van der Waals surface area contributed by atoms with Gasteiger partial charge in [-0.15, -0.1) is 0 Å². The molecule has 0 radical (unpaired) electrons. The molecule has 0 atom stereocenters. The van der Waals surface area contributed by atoms with Gasteiger partial charge in [0.25, 0.3) is 0 Å². The highest BCUT2D eigenvalue weighted by Gasteiger charge is 2.38. The number of hydrogen-bond acceptors (Lipinski definition) is 5. The molecule has 2 fully saturated rings. The third-order valence-electron chi connectivity index (χ3n) is 5.22. The Morgan fingerprint density at radius 1 is 1.20 bits per heavy atom. The van der Waals surface area contributed by atoms with Crippen molar-refractivity contribution in [2.45, 2.75) is 38.1 Å². The standard InChI is InChI=1S/C19H31N5O/c1-24(15-20)22-12-19(13-25-14-19)11-21-17-8-5-9-18(10-17)23-16-6-3-2-4-7-16/h5,8-10,15-16,20-23H,2-4,6-7,11-14H2,1H3. The van der Waals surface area contributed by atoms with Gasteiger partial charge in [0.05, 0.1) is 19.6 Å². The SMILES string of the molecule is CN(C=N)NCC1(CNc2cccc(NC3CCCCC3)c2)COC1. The van der Waals surface area contributed by atoms with E-state index in [-0.39, 0.29) is 5.41 Å². The molecule has 138 valence electrons. The van der Waals surface area contributed by atoms with E-state index in [0.717, 1.165) is 32.0 Å². The van der Waals surface area contributed by atoms with Gasteiger partial charge in [-0.2, -0.15) is 0 Å². The number of nitrogens with zero attached hydrogens (tertiary/aromatic N) is 1. The second-order valence-electron chi connectivity index (χ2n) is 7.48. The highest BCUT2D eigenvalue weighted by Crippen LogP contribution is 2.28. The van der Waals surface area contributed by atoms with E-state index < -0.39 is 0 Å². The number of anilines is 2. The fraction of sp³-hybridized carbons (Fsp3) is 0.632. The van der Waals surface area contributed by atoms with Crippen molar-refractivity contribution in [3.05, 3.63) is 24.3 Å². The fourth-order valence-electron chi connectivity index (χ4n) is 3.49. The fourth-order valence-corrected chi connectivity index (χ4v) is 3.49. The average molecular weight is 345 g/mol. The third-order valence-corrected chi connectivity index (χ3v) is 5.22. The molecule has 0 spiro atoms. The predicted molar refractivity (Wildman–Crippen MR) is 103 cm³/mol. The summed E-state index contributed by atoms with van der Waals surface area (Å²) < 4.78 is 5.45. The molecule has 1 aliphatic carbocycles. The minimum absolute atomic E-state index is 0.0874. The van der Waals surface area contributed by atoms with Gasteiger partial charge in [-0.25, -0.2) is 5.43 Å². The normalized spacial score (nSPS) is 19.7. The summed E-state index contributed by atoms with van der Waals surface area (Å²) in [5.74, 6) is 0. The van der Waals surface area contributed by atoms with Gasteiger partial charge in [0.15, 0.2) is 0 Å². The van der Waals surface area contributed by atoms with Gasteiger partial charge < -0.3 is 20.4 Å². The van der Waals surface area contributed by atoms with Crippen LogP contribution in [0.4, 0.5) is 11.4 Å². The molecule has 4 N–H and O–H groups in total. The molecule has 1 aromatic carbocycles. The number of hydrogen-bond donors (Lipinski definition) is 4. The number of benzene rings is 1. The van der Waals surface area contributed by atoms with Crippen LogP contribution in [0.15, 0.2) is 24.3 Å². The quantitative estimate of drug-likeness (QED) is 0.315. The van der Waals surface area contributed by atoms with Gasteiger partial charge in [-0.05, 0) is 31.0 Å². The first kappa shape index (κ1) is 18.0. The van der Waals surface area contributed by atoms with Crippen molar-refractivity contribution in [1.29, 1.82) is 5.41 Å². The average Bonchev–Trinajstić information content (AvgIpc) is 2.61. The molecule has 0 unspecified atom stereocenters. The van der Waals surface area contributed by atoms with Crippen LogP contribution in [0.25, 0.3) is 0 Å². The van der Waals surface area contributed by atoms with Gasteiger partial charge in [0.1, 0.15) is 0 Å². The Bertz CT molecular complexity index is 555. The van der Waals surface area contributed by atoms with Gasteiger partial charge in [-0.3, -0.25) is 5.41 Å². The first-order valence-electron chi connectivity index (χ1n) is 9.34. The number of ether oxygens (including phenoxy) is 1. The minimum Gasteiger partial charge on any atom is -0.384 e. The largest absolute Gasteiger partial charge is 0.384 e. The van der Waals surface area contributed by atoms with Crippen molar-refractivity contribution >= 4 is 17.7 Å². The summed E-state index contributed by atoms with van der Waals surface area (Å²) in [5, 5.41) is 16.2. The molecule has 6 nitrogen and oxygen atoms in total. The Hall–Kier alpha value is -1.79. The number of nitrogens with one attached hydrogen (secondary N) is 4. The van der Waals surface area contributed by atoms with Gasteiger partial charge in [0, 0.05) is 43.0 Å². The topological polar surface area (TPSA) is 72.4 Å². The third kappa shape index (κ3) is 5.09. The van der Waals surface area contributed by atoms with Crippen LogP contribution >= 0.6 is 0 Å². The Balaban J connectivity index is 1.51. The molecule has 0 bridgehead atoms. The summed E-state index contributed by atoms with van der Waals surface area (Å²) in [7, 11) is 1.84. The van der Waals surface area contributed by atoms with E-state index in [1.807, 2.05) is 7.05 Å². The molecule has 1 heterocycles. The predicted octanol–water partition coefficient (Wildman–Crippen LogP) is 2.90. The summed E-state index contributed by atoms with van der Waals surface area (Å²) in [6.45, 7) is 3.16. The van der Waals surface area contributed by atoms with Crippen LogP contribution in [0, 0.1) is 10.8 Å². The van der Waals surface area contributed by atoms with Gasteiger partial charge >= 0.3 is 0 Å². The molecular formula is C19H31N5O. The first-order chi connectivity index (χ1) is 12.2. The first-order valence-corrected chi connectivity index (χ1v) is 9.34. The summed E-state index contributed by atoms with van der Waals surface area (Å²) in [4.78, 5) is 0. The Morgan fingerprint density at radius 2 is 1.96 bits per heavy atom. The lowest BCUT2D eigenvalue weighted by atomic mass is 9.86. The van der Waals surface area contributed by atoms with Gasteiger partial charge in [0.2, 0.25) is 0 Å². The van der Waals surface area contributed by atoms with E-state index in [1.165, 1.54) is 44.1 Å². The molecule has 0 amide bonds. The van der Waals surface area contributed by atoms with Crippen LogP contribution in [0.1, 0.15) is 32.1 Å². The van der Waals surface area contributed by atoms with Crippen molar-refractivity contribution < 1.29 is 4.74 Å². The van der Waals surface area contributed by atoms with Gasteiger partial charge in [-0.1, -0.05) is 25.3 Å². The zero-order valence-corrected chi connectivity index (χ0v) is 15.2. The van der Waals surface area contributed by atoms with E-state index in [0.29, 0.717) is 6.04 Å². The smallest absolute Gasteiger partial charge is 0.0957 e. The molecule has 1 aliphatic heterocycles. The maximum Gasteiger partial charge on any atom is 0.0957 e. The van der Waals surface area contributed by atoms with E-state index in [4.69, 9.17) is 10.1 Å². The maximum atomic E-state index is 7.24. The molecule has 6 heteroatoms. The van der Waals surface area contributed by atoms with Crippen LogP contribution in [0.2, 0.25) is 0 Å². The lowest BCUT2D eigenvalue weighted by molar-refractivity contribution is -0.106. The summed E-state index contributed by atoms with van der Waals surface area (Å²) in [6, 6.07) is 9.22. The molecule has 3 rings (SSSR count). The van der Waals surface area contributed by atoms with Crippen molar-refractivity contribution in [3.63, 3.8) is 0 Å². The lowest BCUT2D eigenvalue weighted by Gasteiger charge is -2.42. The Labute approximate surface area is 150 Å². The van der Waals surface area contributed by atoms with E-state index in [2.05, 4.69) is 40.3 Å². The van der Waals surface area contributed by atoms with E-state index >= 15 is 0 Å². The highest BCUT2D eigenvalue weighted by molar-refractivity contribution is 5.57. The molecule has 2 aliphatic rings. The minimum atomic E-state index is 0.0874. The van der Waals surface area contributed by atoms with Crippen molar-refractivity contribution in [1.82, 2.24) is 10.4 Å². The Morgan fingerprint density at radius 3 is 2.64 bits per heavy atom. The molecule has 1 saturated carbocycles. The van der Waals surface area contributed by atoms with Crippen molar-refractivity contribution in [2.75, 3.05) is 44.0 Å². The van der Waals surface area contributed by atoms with Crippen molar-refractivity contribution in [3.8, 4) is 0 Å². The molecule has 1 aromatic rings. The zero-order valence-electron chi connectivity index (χ0n) is 15.2.